The number of rotatable bonds is 8. The van der Waals surface area contributed by atoms with Crippen molar-refractivity contribution < 1.29 is 14.2 Å². The fourth-order valence-corrected chi connectivity index (χ4v) is 1.50. The second kappa shape index (κ2) is 7.58. The number of hydrogen-bond donors (Lipinski definition) is 2. The number of nitrogens with one attached hydrogen (secondary N) is 1. The molecule has 0 radical (unpaired) electrons. The predicted molar refractivity (Wildman–Crippen MR) is 74.4 cm³/mol. The van der Waals surface area contributed by atoms with Gasteiger partial charge < -0.3 is 15.2 Å². The second-order valence-electron chi connectivity index (χ2n) is 5.38. The summed E-state index contributed by atoms with van der Waals surface area (Å²) in [6.07, 6.45) is 0.396. The van der Waals surface area contributed by atoms with Crippen molar-refractivity contribution in [3.8, 4) is 0 Å². The van der Waals surface area contributed by atoms with Crippen LogP contribution in [0, 0.1) is 5.82 Å². The Bertz CT molecular complexity index is 382. The molecule has 0 spiro atoms. The van der Waals surface area contributed by atoms with Crippen molar-refractivity contribution in [1.29, 1.82) is 0 Å². The van der Waals surface area contributed by atoms with Crippen molar-refractivity contribution in [2.45, 2.75) is 45.4 Å². The van der Waals surface area contributed by atoms with E-state index in [-0.39, 0.29) is 24.6 Å². The molecule has 0 aliphatic carbocycles. The monoisotopic (exact) mass is 269 g/mol. The van der Waals surface area contributed by atoms with Gasteiger partial charge in [-0.1, -0.05) is 25.1 Å². The summed E-state index contributed by atoms with van der Waals surface area (Å²) in [5.74, 6) is -0.276. The normalized spacial score (nSPS) is 13.5. The molecule has 2 N–H and O–H groups in total. The zero-order valence-corrected chi connectivity index (χ0v) is 11.9. The van der Waals surface area contributed by atoms with Crippen LogP contribution in [0.15, 0.2) is 24.3 Å². The minimum atomic E-state index is -0.586. The molecule has 1 atom stereocenters. The van der Waals surface area contributed by atoms with E-state index in [1.54, 1.807) is 18.2 Å². The zero-order valence-electron chi connectivity index (χ0n) is 11.9. The van der Waals surface area contributed by atoms with Crippen LogP contribution in [0.4, 0.5) is 4.39 Å². The lowest BCUT2D eigenvalue weighted by Gasteiger charge is -2.26. The Hall–Kier alpha value is -0.970. The molecular formula is C15H24FNO2. The molecule has 19 heavy (non-hydrogen) atoms. The Kier molecular flexibility index (Phi) is 6.42. The molecule has 1 rings (SSSR count). The molecule has 3 nitrogen and oxygen atoms in total. The van der Waals surface area contributed by atoms with Crippen LogP contribution in [-0.4, -0.2) is 29.9 Å². The fourth-order valence-electron chi connectivity index (χ4n) is 1.50. The Morgan fingerprint density at radius 3 is 2.68 bits per heavy atom. The van der Waals surface area contributed by atoms with Gasteiger partial charge in [0.05, 0.1) is 19.3 Å². The molecule has 0 heterocycles. The van der Waals surface area contributed by atoms with Gasteiger partial charge in [-0.05, 0) is 26.3 Å². The molecule has 0 aliphatic rings. The van der Waals surface area contributed by atoms with E-state index in [0.29, 0.717) is 12.1 Å². The highest BCUT2D eigenvalue weighted by atomic mass is 19.1. The lowest BCUT2D eigenvalue weighted by molar-refractivity contribution is 0.0246. The molecule has 1 unspecified atom stereocenters. The van der Waals surface area contributed by atoms with Crippen LogP contribution in [0.25, 0.3) is 0 Å². The number of β-amino-alcohol motifs (C(OH)–C–C–N with tert-alkyl or cyclic N) is 1. The van der Waals surface area contributed by atoms with Crippen molar-refractivity contribution in [2.75, 3.05) is 13.2 Å². The second-order valence-corrected chi connectivity index (χ2v) is 5.38. The van der Waals surface area contributed by atoms with E-state index in [4.69, 9.17) is 4.74 Å². The van der Waals surface area contributed by atoms with Crippen LogP contribution >= 0.6 is 0 Å². The Morgan fingerprint density at radius 1 is 1.37 bits per heavy atom. The van der Waals surface area contributed by atoms with Crippen molar-refractivity contribution in [1.82, 2.24) is 5.32 Å². The summed E-state index contributed by atoms with van der Waals surface area (Å²) >= 11 is 0. The highest BCUT2D eigenvalue weighted by Crippen LogP contribution is 2.08. The SMILES string of the molecule is CCC(C)(C)NCC(O)COCc1ccccc1F. The molecule has 4 heteroatoms. The van der Waals surface area contributed by atoms with Gasteiger partial charge in [0.2, 0.25) is 0 Å². The van der Waals surface area contributed by atoms with Gasteiger partial charge in [-0.25, -0.2) is 4.39 Å². The fraction of sp³-hybridized carbons (Fsp3) is 0.600. The average Bonchev–Trinajstić information content (AvgIpc) is 2.39. The van der Waals surface area contributed by atoms with Crippen LogP contribution in [0.5, 0.6) is 0 Å². The van der Waals surface area contributed by atoms with Crippen LogP contribution in [0.2, 0.25) is 0 Å². The van der Waals surface area contributed by atoms with E-state index in [1.807, 2.05) is 0 Å². The van der Waals surface area contributed by atoms with Gasteiger partial charge in [0, 0.05) is 17.6 Å². The van der Waals surface area contributed by atoms with Crippen LogP contribution < -0.4 is 5.32 Å². The number of halogens is 1. The topological polar surface area (TPSA) is 41.5 Å². The Balaban J connectivity index is 2.24. The van der Waals surface area contributed by atoms with E-state index in [0.717, 1.165) is 6.42 Å². The smallest absolute Gasteiger partial charge is 0.128 e. The van der Waals surface area contributed by atoms with Crippen molar-refractivity contribution in [2.24, 2.45) is 0 Å². The highest BCUT2D eigenvalue weighted by Gasteiger charge is 2.15. The van der Waals surface area contributed by atoms with Gasteiger partial charge >= 0.3 is 0 Å². The summed E-state index contributed by atoms with van der Waals surface area (Å²) in [5, 5.41) is 13.0. The predicted octanol–water partition coefficient (Wildman–Crippen LogP) is 2.48. The highest BCUT2D eigenvalue weighted by molar-refractivity contribution is 5.16. The summed E-state index contributed by atoms with van der Waals surface area (Å²) in [6, 6.07) is 6.49. The van der Waals surface area contributed by atoms with Gasteiger partial charge in [-0.15, -0.1) is 0 Å². The Labute approximate surface area is 114 Å². The van der Waals surface area contributed by atoms with E-state index in [1.165, 1.54) is 6.07 Å². The van der Waals surface area contributed by atoms with Gasteiger partial charge in [0.1, 0.15) is 5.82 Å². The maximum atomic E-state index is 13.3. The lowest BCUT2D eigenvalue weighted by atomic mass is 10.0. The van der Waals surface area contributed by atoms with Crippen molar-refractivity contribution in [3.63, 3.8) is 0 Å². The molecule has 0 amide bonds. The van der Waals surface area contributed by atoms with E-state index < -0.39 is 6.10 Å². The third-order valence-corrected chi connectivity index (χ3v) is 3.23. The summed E-state index contributed by atoms with van der Waals surface area (Å²) in [7, 11) is 0. The standard InChI is InChI=1S/C15H24FNO2/c1-4-15(2,3)17-9-13(18)11-19-10-12-7-5-6-8-14(12)16/h5-8,13,17-18H,4,9-11H2,1-3H3. The van der Waals surface area contributed by atoms with E-state index >= 15 is 0 Å². The third kappa shape index (κ3) is 6.14. The van der Waals surface area contributed by atoms with Gasteiger partial charge in [0.25, 0.3) is 0 Å². The molecule has 0 fully saturated rings. The molecule has 0 aliphatic heterocycles. The van der Waals surface area contributed by atoms with Crippen LogP contribution in [-0.2, 0) is 11.3 Å². The molecule has 108 valence electrons. The van der Waals surface area contributed by atoms with Gasteiger partial charge in [-0.3, -0.25) is 0 Å². The van der Waals surface area contributed by atoms with Gasteiger partial charge in [-0.2, -0.15) is 0 Å². The number of ether oxygens (including phenoxy) is 1. The minimum absolute atomic E-state index is 0.00647. The van der Waals surface area contributed by atoms with E-state index in [9.17, 15) is 9.50 Å². The minimum Gasteiger partial charge on any atom is -0.389 e. The van der Waals surface area contributed by atoms with Crippen LogP contribution in [0.1, 0.15) is 32.8 Å². The number of hydrogen-bond acceptors (Lipinski definition) is 3. The zero-order chi connectivity index (χ0) is 14.3. The first kappa shape index (κ1) is 16.1. The lowest BCUT2D eigenvalue weighted by Crippen LogP contribution is -2.43. The third-order valence-electron chi connectivity index (χ3n) is 3.23. The summed E-state index contributed by atoms with van der Waals surface area (Å²) in [6.45, 7) is 7.11. The number of aliphatic hydroxyl groups excluding tert-OH is 1. The van der Waals surface area contributed by atoms with Gasteiger partial charge in [0.15, 0.2) is 0 Å². The first-order chi connectivity index (χ1) is 8.94. The van der Waals surface area contributed by atoms with Crippen molar-refractivity contribution >= 4 is 0 Å². The molecule has 0 saturated carbocycles. The summed E-state index contributed by atoms with van der Waals surface area (Å²) in [5.41, 5.74) is 0.517. The number of benzene rings is 1. The molecule has 0 aromatic heterocycles. The largest absolute Gasteiger partial charge is 0.389 e. The van der Waals surface area contributed by atoms with Crippen LogP contribution in [0.3, 0.4) is 0 Å². The molecule has 0 bridgehead atoms. The first-order valence-corrected chi connectivity index (χ1v) is 6.69. The first-order valence-electron chi connectivity index (χ1n) is 6.69. The molecule has 1 aromatic carbocycles. The summed E-state index contributed by atoms with van der Waals surface area (Å²) < 4.78 is 18.6. The Morgan fingerprint density at radius 2 is 2.05 bits per heavy atom. The van der Waals surface area contributed by atoms with Crippen molar-refractivity contribution in [3.05, 3.63) is 35.6 Å². The maximum absolute atomic E-state index is 13.3. The summed E-state index contributed by atoms with van der Waals surface area (Å²) in [4.78, 5) is 0. The quantitative estimate of drug-likeness (QED) is 0.762. The number of aliphatic hydroxyl groups is 1. The van der Waals surface area contributed by atoms with E-state index in [2.05, 4.69) is 26.1 Å². The molecule has 0 saturated heterocycles. The molecule has 1 aromatic rings. The maximum Gasteiger partial charge on any atom is 0.128 e. The molecular weight excluding hydrogens is 245 g/mol. The average molecular weight is 269 g/mol.